The molecule has 1 rings (SSSR count). The van der Waals surface area contributed by atoms with Crippen molar-refractivity contribution in [3.05, 3.63) is 0 Å². The van der Waals surface area contributed by atoms with E-state index in [1.807, 2.05) is 0 Å². The monoisotopic (exact) mass is 274 g/mol. The van der Waals surface area contributed by atoms with Crippen molar-refractivity contribution in [2.24, 2.45) is 0 Å². The first kappa shape index (κ1) is 15.3. The van der Waals surface area contributed by atoms with Crippen LogP contribution in [0.15, 0.2) is 0 Å². The van der Waals surface area contributed by atoms with Gasteiger partial charge in [0.25, 0.3) is 0 Å². The van der Waals surface area contributed by atoms with Crippen molar-refractivity contribution in [2.45, 2.75) is 44.8 Å². The molecule has 1 fully saturated rings. The fraction of sp³-hybridized carbons (Fsp3) is 0.833. The summed E-state index contributed by atoms with van der Waals surface area (Å²) in [5.41, 5.74) is 0. The van der Waals surface area contributed by atoms with Crippen LogP contribution >= 0.6 is 12.6 Å². The molecular weight excluding hydrogens is 252 g/mol. The Kier molecular flexibility index (Phi) is 7.12. The van der Waals surface area contributed by atoms with Gasteiger partial charge in [-0.05, 0) is 25.7 Å². The number of thiol groups is 1. The summed E-state index contributed by atoms with van der Waals surface area (Å²) in [7, 11) is 0. The van der Waals surface area contributed by atoms with Crippen LogP contribution in [-0.4, -0.2) is 42.9 Å². The number of carbonyl (C=O) groups excluding carboxylic acids is 2. The lowest BCUT2D eigenvalue weighted by molar-refractivity contribution is -0.127. The summed E-state index contributed by atoms with van der Waals surface area (Å²) in [6, 6.07) is -0.557. The second-order valence-electron chi connectivity index (χ2n) is 4.50. The Bertz CT molecular complexity index is 280. The maximum atomic E-state index is 11.7. The highest BCUT2D eigenvalue weighted by molar-refractivity contribution is 7.80. The summed E-state index contributed by atoms with van der Waals surface area (Å²) in [4.78, 5) is 22.6. The predicted octanol–water partition coefficient (Wildman–Crippen LogP) is 0.496. The average molecular weight is 274 g/mol. The third-order valence-corrected chi connectivity index (χ3v) is 3.28. The molecule has 0 saturated carbocycles. The van der Waals surface area contributed by atoms with Gasteiger partial charge in [0.2, 0.25) is 11.8 Å². The third kappa shape index (κ3) is 5.73. The molecule has 0 aromatic heterocycles. The van der Waals surface area contributed by atoms with Gasteiger partial charge in [0, 0.05) is 25.8 Å². The minimum absolute atomic E-state index is 0.184. The molecule has 1 aliphatic rings. The smallest absolute Gasteiger partial charge is 0.243 e. The molecule has 2 atom stereocenters. The Morgan fingerprint density at radius 2 is 2.22 bits per heavy atom. The molecule has 0 aromatic rings. The molecule has 6 heteroatoms. The van der Waals surface area contributed by atoms with Gasteiger partial charge < -0.3 is 15.4 Å². The molecule has 0 aromatic carbocycles. The van der Waals surface area contributed by atoms with Gasteiger partial charge in [-0.2, -0.15) is 12.6 Å². The highest BCUT2D eigenvalue weighted by atomic mass is 32.1. The second-order valence-corrected chi connectivity index (χ2v) is 4.87. The van der Waals surface area contributed by atoms with E-state index in [0.29, 0.717) is 12.3 Å². The summed E-state index contributed by atoms with van der Waals surface area (Å²) < 4.78 is 5.57. The lowest BCUT2D eigenvalue weighted by atomic mass is 10.1. The van der Waals surface area contributed by atoms with Crippen molar-refractivity contribution >= 4 is 24.4 Å². The van der Waals surface area contributed by atoms with Crippen LogP contribution in [0.2, 0.25) is 0 Å². The largest absolute Gasteiger partial charge is 0.378 e. The van der Waals surface area contributed by atoms with Gasteiger partial charge in [-0.15, -0.1) is 0 Å². The molecule has 2 amide bonds. The van der Waals surface area contributed by atoms with Crippen molar-refractivity contribution in [3.63, 3.8) is 0 Å². The van der Waals surface area contributed by atoms with E-state index in [1.54, 1.807) is 0 Å². The van der Waals surface area contributed by atoms with Crippen LogP contribution in [0.25, 0.3) is 0 Å². The lowest BCUT2D eigenvalue weighted by Gasteiger charge is -2.23. The molecule has 1 heterocycles. The van der Waals surface area contributed by atoms with Crippen LogP contribution < -0.4 is 10.6 Å². The zero-order valence-corrected chi connectivity index (χ0v) is 11.7. The Morgan fingerprint density at radius 1 is 1.44 bits per heavy atom. The quantitative estimate of drug-likeness (QED) is 0.618. The summed E-state index contributed by atoms with van der Waals surface area (Å²) in [5.74, 6) is -0.110. The Morgan fingerprint density at radius 3 is 2.78 bits per heavy atom. The Balaban J connectivity index is 2.20. The molecule has 0 radical (unpaired) electrons. The minimum Gasteiger partial charge on any atom is -0.378 e. The number of hydrogen-bond acceptors (Lipinski definition) is 4. The molecule has 0 bridgehead atoms. The lowest BCUT2D eigenvalue weighted by Crippen LogP contribution is -2.47. The summed E-state index contributed by atoms with van der Waals surface area (Å²) in [6.45, 7) is 2.79. The van der Waals surface area contributed by atoms with Gasteiger partial charge in [0.05, 0.1) is 6.10 Å². The number of ether oxygens (including phenoxy) is 1. The predicted molar refractivity (Wildman–Crippen MR) is 72.7 cm³/mol. The first-order valence-corrected chi connectivity index (χ1v) is 7.04. The molecule has 104 valence electrons. The first-order valence-electron chi connectivity index (χ1n) is 6.40. The highest BCUT2D eigenvalue weighted by Gasteiger charge is 2.18. The van der Waals surface area contributed by atoms with Crippen molar-refractivity contribution in [2.75, 3.05) is 18.9 Å². The number of carbonyl (C=O) groups is 2. The average Bonchev–Trinajstić information content (AvgIpc) is 2.36. The molecule has 5 nitrogen and oxygen atoms in total. The number of nitrogens with one attached hydrogen (secondary N) is 2. The van der Waals surface area contributed by atoms with E-state index in [1.165, 1.54) is 13.3 Å². The van der Waals surface area contributed by atoms with E-state index in [0.717, 1.165) is 25.9 Å². The van der Waals surface area contributed by atoms with Crippen LogP contribution in [0.1, 0.15) is 32.6 Å². The Hall–Kier alpha value is -0.750. The fourth-order valence-corrected chi connectivity index (χ4v) is 2.21. The van der Waals surface area contributed by atoms with E-state index in [9.17, 15) is 9.59 Å². The molecule has 0 aliphatic carbocycles. The molecule has 2 unspecified atom stereocenters. The minimum atomic E-state index is -0.557. The summed E-state index contributed by atoms with van der Waals surface area (Å²) in [6.07, 6.45) is 4.48. The molecule has 18 heavy (non-hydrogen) atoms. The normalized spacial score (nSPS) is 21.1. The number of rotatable bonds is 6. The van der Waals surface area contributed by atoms with Crippen molar-refractivity contribution < 1.29 is 14.3 Å². The topological polar surface area (TPSA) is 67.4 Å². The number of hydrogen-bond donors (Lipinski definition) is 3. The van der Waals surface area contributed by atoms with Crippen LogP contribution in [0.3, 0.4) is 0 Å². The maximum Gasteiger partial charge on any atom is 0.243 e. The molecular formula is C12H22N2O3S. The van der Waals surface area contributed by atoms with Gasteiger partial charge in [0.1, 0.15) is 6.04 Å². The van der Waals surface area contributed by atoms with Crippen LogP contribution in [-0.2, 0) is 14.3 Å². The van der Waals surface area contributed by atoms with Crippen LogP contribution in [0, 0.1) is 0 Å². The second kappa shape index (κ2) is 8.37. The standard InChI is InChI=1S/C12H22N2O3S/c1-9(15)14-11(8-18)12(16)13-6-5-10-4-2-3-7-17-10/h10-11,18H,2-8H2,1H3,(H,13,16)(H,14,15). The Labute approximate surface area is 113 Å². The van der Waals surface area contributed by atoms with Crippen molar-refractivity contribution in [3.8, 4) is 0 Å². The molecule has 1 aliphatic heterocycles. The molecule has 1 saturated heterocycles. The third-order valence-electron chi connectivity index (χ3n) is 2.92. The number of amides is 2. The van der Waals surface area contributed by atoms with E-state index in [4.69, 9.17) is 4.74 Å². The van der Waals surface area contributed by atoms with Crippen LogP contribution in [0.4, 0.5) is 0 Å². The van der Waals surface area contributed by atoms with Crippen molar-refractivity contribution in [1.29, 1.82) is 0 Å². The molecule has 2 N–H and O–H groups in total. The van der Waals surface area contributed by atoms with Gasteiger partial charge in [-0.1, -0.05) is 0 Å². The molecule has 0 spiro atoms. The summed E-state index contributed by atoms with van der Waals surface area (Å²) >= 11 is 4.05. The van der Waals surface area contributed by atoms with Gasteiger partial charge >= 0.3 is 0 Å². The van der Waals surface area contributed by atoms with Gasteiger partial charge in [-0.3, -0.25) is 9.59 Å². The van der Waals surface area contributed by atoms with E-state index in [2.05, 4.69) is 23.3 Å². The fourth-order valence-electron chi connectivity index (χ4n) is 1.95. The van der Waals surface area contributed by atoms with Gasteiger partial charge in [0.15, 0.2) is 0 Å². The first-order chi connectivity index (χ1) is 8.63. The maximum absolute atomic E-state index is 11.7. The van der Waals surface area contributed by atoms with E-state index >= 15 is 0 Å². The zero-order chi connectivity index (χ0) is 13.4. The zero-order valence-electron chi connectivity index (χ0n) is 10.8. The summed E-state index contributed by atoms with van der Waals surface area (Å²) in [5, 5.41) is 5.36. The highest BCUT2D eigenvalue weighted by Crippen LogP contribution is 2.14. The van der Waals surface area contributed by atoms with Crippen LogP contribution in [0.5, 0.6) is 0 Å². The van der Waals surface area contributed by atoms with E-state index < -0.39 is 6.04 Å². The van der Waals surface area contributed by atoms with E-state index in [-0.39, 0.29) is 17.9 Å². The van der Waals surface area contributed by atoms with Crippen molar-refractivity contribution in [1.82, 2.24) is 10.6 Å². The van der Waals surface area contributed by atoms with Gasteiger partial charge in [-0.25, -0.2) is 0 Å². The SMILES string of the molecule is CC(=O)NC(CS)C(=O)NCCC1CCCCO1.